The van der Waals surface area contributed by atoms with Gasteiger partial charge in [0.1, 0.15) is 5.03 Å². The van der Waals surface area contributed by atoms with Gasteiger partial charge < -0.3 is 5.11 Å². The second kappa shape index (κ2) is 4.74. The maximum absolute atomic E-state index is 9.42. The van der Waals surface area contributed by atoms with Crippen molar-refractivity contribution in [3.63, 3.8) is 0 Å². The lowest BCUT2D eigenvalue weighted by atomic mass is 10.2. The van der Waals surface area contributed by atoms with E-state index in [0.717, 1.165) is 14.9 Å². The topological polar surface area (TPSA) is 46.0 Å². The lowest BCUT2D eigenvalue weighted by Crippen LogP contribution is -1.91. The maximum Gasteiger partial charge on any atom is 0.156 e. The first-order valence-electron chi connectivity index (χ1n) is 4.47. The van der Waals surface area contributed by atoms with Crippen molar-refractivity contribution < 1.29 is 5.11 Å². The highest BCUT2D eigenvalue weighted by molar-refractivity contribution is 8.00. The van der Waals surface area contributed by atoms with Crippen LogP contribution in [-0.2, 0) is 0 Å². The van der Waals surface area contributed by atoms with Crippen molar-refractivity contribution >= 4 is 23.1 Å². The van der Waals surface area contributed by atoms with Gasteiger partial charge in [0.05, 0.1) is 6.10 Å². The van der Waals surface area contributed by atoms with E-state index >= 15 is 0 Å². The molecule has 2 aromatic heterocycles. The summed E-state index contributed by atoms with van der Waals surface area (Å²) >= 11 is 3.09. The van der Waals surface area contributed by atoms with Gasteiger partial charge in [-0.1, -0.05) is 0 Å². The summed E-state index contributed by atoms with van der Waals surface area (Å²) in [6, 6.07) is 3.70. The fraction of sp³-hybridized carbons (Fsp3) is 0.200. The number of thiazole rings is 1. The Labute approximate surface area is 96.2 Å². The molecule has 0 aromatic carbocycles. The fourth-order valence-electron chi connectivity index (χ4n) is 1.09. The molecule has 0 amide bonds. The number of aliphatic hydroxyl groups is 1. The SMILES string of the molecule is C[C@H](O)c1ccnc(Sc2nccs2)c1. The Morgan fingerprint density at radius 3 is 2.93 bits per heavy atom. The van der Waals surface area contributed by atoms with Crippen LogP contribution >= 0.6 is 23.1 Å². The van der Waals surface area contributed by atoms with E-state index in [-0.39, 0.29) is 0 Å². The zero-order valence-electron chi connectivity index (χ0n) is 8.12. The molecular weight excluding hydrogens is 228 g/mol. The van der Waals surface area contributed by atoms with Crippen molar-refractivity contribution in [2.75, 3.05) is 0 Å². The monoisotopic (exact) mass is 238 g/mol. The molecule has 15 heavy (non-hydrogen) atoms. The van der Waals surface area contributed by atoms with Crippen LogP contribution in [0.1, 0.15) is 18.6 Å². The summed E-state index contributed by atoms with van der Waals surface area (Å²) in [5.41, 5.74) is 0.879. The molecule has 0 aliphatic carbocycles. The van der Waals surface area contributed by atoms with Gasteiger partial charge in [0, 0.05) is 17.8 Å². The molecule has 0 saturated heterocycles. The third-order valence-corrected chi connectivity index (χ3v) is 3.66. The minimum atomic E-state index is -0.455. The molecule has 0 fully saturated rings. The molecule has 0 aliphatic heterocycles. The Balaban J connectivity index is 2.18. The molecule has 2 rings (SSSR count). The average Bonchev–Trinajstić information content (AvgIpc) is 2.71. The predicted molar refractivity (Wildman–Crippen MR) is 61.1 cm³/mol. The van der Waals surface area contributed by atoms with Gasteiger partial charge in [0.15, 0.2) is 4.34 Å². The van der Waals surface area contributed by atoms with Gasteiger partial charge in [-0.2, -0.15) is 0 Å². The molecule has 0 unspecified atom stereocenters. The Hall–Kier alpha value is -0.910. The molecule has 0 radical (unpaired) electrons. The van der Waals surface area contributed by atoms with E-state index in [1.165, 1.54) is 11.8 Å². The third-order valence-electron chi connectivity index (χ3n) is 1.84. The van der Waals surface area contributed by atoms with Crippen molar-refractivity contribution in [3.8, 4) is 0 Å². The number of nitrogens with zero attached hydrogens (tertiary/aromatic N) is 2. The number of rotatable bonds is 3. The van der Waals surface area contributed by atoms with Gasteiger partial charge in [0.2, 0.25) is 0 Å². The predicted octanol–water partition coefficient (Wildman–Crippen LogP) is 2.74. The molecule has 3 nitrogen and oxygen atoms in total. The number of pyridine rings is 1. The molecule has 0 aliphatic rings. The van der Waals surface area contributed by atoms with Crippen LogP contribution < -0.4 is 0 Å². The van der Waals surface area contributed by atoms with E-state index in [1.54, 1.807) is 30.7 Å². The molecule has 0 saturated carbocycles. The van der Waals surface area contributed by atoms with Gasteiger partial charge in [-0.15, -0.1) is 11.3 Å². The van der Waals surface area contributed by atoms with Gasteiger partial charge >= 0.3 is 0 Å². The molecule has 0 bridgehead atoms. The Morgan fingerprint density at radius 2 is 2.27 bits per heavy atom. The summed E-state index contributed by atoms with van der Waals surface area (Å²) in [6.07, 6.45) is 3.02. The lowest BCUT2D eigenvalue weighted by Gasteiger charge is -2.04. The summed E-state index contributed by atoms with van der Waals surface area (Å²) in [4.78, 5) is 8.38. The van der Waals surface area contributed by atoms with Gasteiger partial charge in [0.25, 0.3) is 0 Å². The van der Waals surface area contributed by atoms with Gasteiger partial charge in [-0.3, -0.25) is 0 Å². The molecule has 78 valence electrons. The first kappa shape index (κ1) is 10.6. The van der Waals surface area contributed by atoms with Crippen molar-refractivity contribution in [3.05, 3.63) is 35.5 Å². The Morgan fingerprint density at radius 1 is 1.40 bits per heavy atom. The molecule has 0 spiro atoms. The van der Waals surface area contributed by atoms with Crippen LogP contribution in [0.25, 0.3) is 0 Å². The third kappa shape index (κ3) is 2.77. The van der Waals surface area contributed by atoms with Crippen LogP contribution in [0, 0.1) is 0 Å². The van der Waals surface area contributed by atoms with Gasteiger partial charge in [-0.05, 0) is 36.4 Å². The maximum atomic E-state index is 9.42. The molecule has 5 heteroatoms. The highest BCUT2D eigenvalue weighted by Crippen LogP contribution is 2.28. The van der Waals surface area contributed by atoms with Crippen molar-refractivity contribution in [2.45, 2.75) is 22.4 Å². The van der Waals surface area contributed by atoms with Gasteiger partial charge in [-0.25, -0.2) is 9.97 Å². The Bertz CT molecular complexity index is 429. The first-order valence-corrected chi connectivity index (χ1v) is 6.16. The van der Waals surface area contributed by atoms with Crippen LogP contribution in [0.3, 0.4) is 0 Å². The summed E-state index contributed by atoms with van der Waals surface area (Å²) < 4.78 is 0.963. The molecule has 1 N–H and O–H groups in total. The lowest BCUT2D eigenvalue weighted by molar-refractivity contribution is 0.199. The average molecular weight is 238 g/mol. The van der Waals surface area contributed by atoms with Crippen LogP contribution in [-0.4, -0.2) is 15.1 Å². The van der Waals surface area contributed by atoms with Crippen LogP contribution in [0.2, 0.25) is 0 Å². The number of aromatic nitrogens is 2. The molecule has 2 heterocycles. The quantitative estimate of drug-likeness (QED) is 0.893. The second-order valence-electron chi connectivity index (χ2n) is 3.00. The van der Waals surface area contributed by atoms with E-state index in [9.17, 15) is 5.11 Å². The minimum absolute atomic E-state index is 0.455. The second-order valence-corrected chi connectivity index (χ2v) is 5.17. The molecule has 1 atom stereocenters. The van der Waals surface area contributed by atoms with E-state index in [4.69, 9.17) is 0 Å². The smallest absolute Gasteiger partial charge is 0.156 e. The number of hydrogen-bond acceptors (Lipinski definition) is 5. The highest BCUT2D eigenvalue weighted by Gasteiger charge is 2.05. The van der Waals surface area contributed by atoms with E-state index in [2.05, 4.69) is 9.97 Å². The van der Waals surface area contributed by atoms with Crippen LogP contribution in [0.5, 0.6) is 0 Å². The van der Waals surface area contributed by atoms with E-state index < -0.39 is 6.10 Å². The summed E-state index contributed by atoms with van der Waals surface area (Å²) in [5.74, 6) is 0. The molecule has 2 aromatic rings. The number of aliphatic hydroxyl groups excluding tert-OH is 1. The van der Waals surface area contributed by atoms with Crippen molar-refractivity contribution in [1.29, 1.82) is 0 Å². The van der Waals surface area contributed by atoms with Crippen LogP contribution in [0.4, 0.5) is 0 Å². The first-order chi connectivity index (χ1) is 7.25. The Kier molecular flexibility index (Phi) is 3.35. The standard InChI is InChI=1S/C10H10N2OS2/c1-7(13)8-2-3-11-9(6-8)15-10-12-4-5-14-10/h2-7,13H,1H3/t7-/m0/s1. The van der Waals surface area contributed by atoms with E-state index in [1.807, 2.05) is 17.5 Å². The van der Waals surface area contributed by atoms with Crippen molar-refractivity contribution in [1.82, 2.24) is 9.97 Å². The highest BCUT2D eigenvalue weighted by atomic mass is 32.2. The molecular formula is C10H10N2OS2. The van der Waals surface area contributed by atoms with Crippen molar-refractivity contribution in [2.24, 2.45) is 0 Å². The number of hydrogen-bond donors (Lipinski definition) is 1. The van der Waals surface area contributed by atoms with E-state index in [0.29, 0.717) is 0 Å². The zero-order chi connectivity index (χ0) is 10.7. The summed E-state index contributed by atoms with van der Waals surface area (Å²) in [7, 11) is 0. The summed E-state index contributed by atoms with van der Waals surface area (Å²) in [6.45, 7) is 1.74. The largest absolute Gasteiger partial charge is 0.389 e. The normalized spacial score (nSPS) is 12.7. The zero-order valence-corrected chi connectivity index (χ0v) is 9.76. The minimum Gasteiger partial charge on any atom is -0.389 e. The fourth-order valence-corrected chi connectivity index (χ4v) is 2.67. The van der Waals surface area contributed by atoms with Crippen LogP contribution in [0.15, 0.2) is 39.3 Å². The summed E-state index contributed by atoms with van der Waals surface area (Å²) in [5, 5.41) is 12.2.